The van der Waals surface area contributed by atoms with Crippen molar-refractivity contribution in [3.05, 3.63) is 35.4 Å². The lowest BCUT2D eigenvalue weighted by Crippen LogP contribution is -2.24. The molecule has 0 aromatic heterocycles. The summed E-state index contributed by atoms with van der Waals surface area (Å²) < 4.78 is 0. The van der Waals surface area contributed by atoms with Crippen LogP contribution in [-0.2, 0) is 6.54 Å². The molecule has 0 fully saturated rings. The number of nitriles is 1. The molecule has 94 valence electrons. The van der Waals surface area contributed by atoms with Gasteiger partial charge in [0.1, 0.15) is 0 Å². The van der Waals surface area contributed by atoms with E-state index in [0.29, 0.717) is 12.1 Å². The molecule has 0 aliphatic carbocycles. The van der Waals surface area contributed by atoms with Crippen LogP contribution in [0.5, 0.6) is 0 Å². The minimum atomic E-state index is 0.699. The maximum Gasteiger partial charge on any atom is 0.0991 e. The molecule has 1 rings (SSSR count). The Hall–Kier alpha value is -1.81. The molecule has 0 spiro atoms. The van der Waals surface area contributed by atoms with Crippen LogP contribution in [0.1, 0.15) is 17.5 Å². The predicted octanol–water partition coefficient (Wildman–Crippen LogP) is 1.60. The number of rotatable bonds is 7. The van der Waals surface area contributed by atoms with Crippen LogP contribution in [0.4, 0.5) is 0 Å². The van der Waals surface area contributed by atoms with Crippen molar-refractivity contribution >= 4 is 0 Å². The largest absolute Gasteiger partial charge is 0.313 e. The van der Waals surface area contributed by atoms with Crippen LogP contribution in [0.15, 0.2) is 24.3 Å². The van der Waals surface area contributed by atoms with Gasteiger partial charge in [0.25, 0.3) is 0 Å². The first kappa shape index (κ1) is 14.3. The summed E-state index contributed by atoms with van der Waals surface area (Å²) in [5.41, 5.74) is 1.86. The molecule has 0 amide bonds. The summed E-state index contributed by atoms with van der Waals surface area (Å²) in [6.45, 7) is 3.44. The van der Waals surface area contributed by atoms with Crippen LogP contribution >= 0.6 is 0 Å². The second kappa shape index (κ2) is 8.31. The standard InChI is InChI=1S/C15H19N3/c1-3-9-18(2)10-5-8-17-13-15-7-4-6-14(11-15)12-16/h1,4,6-7,11,17H,5,8-10,13H2,2H3. The Bertz CT molecular complexity index is 440. The third-order valence-electron chi connectivity index (χ3n) is 2.64. The number of benzene rings is 1. The molecule has 0 heterocycles. The molecule has 1 aromatic carbocycles. The monoisotopic (exact) mass is 241 g/mol. The lowest BCUT2D eigenvalue weighted by Gasteiger charge is -2.13. The fourth-order valence-corrected chi connectivity index (χ4v) is 1.69. The van der Waals surface area contributed by atoms with Gasteiger partial charge >= 0.3 is 0 Å². The van der Waals surface area contributed by atoms with Crippen LogP contribution in [0, 0.1) is 23.7 Å². The zero-order chi connectivity index (χ0) is 13.2. The highest BCUT2D eigenvalue weighted by molar-refractivity contribution is 5.32. The Labute approximate surface area is 109 Å². The number of hydrogen-bond donors (Lipinski definition) is 1. The third-order valence-corrected chi connectivity index (χ3v) is 2.64. The van der Waals surface area contributed by atoms with Crippen molar-refractivity contribution < 1.29 is 0 Å². The topological polar surface area (TPSA) is 39.1 Å². The van der Waals surface area contributed by atoms with Crippen molar-refractivity contribution in [2.45, 2.75) is 13.0 Å². The van der Waals surface area contributed by atoms with Crippen molar-refractivity contribution in [1.82, 2.24) is 10.2 Å². The number of nitrogens with one attached hydrogen (secondary N) is 1. The average molecular weight is 241 g/mol. The minimum Gasteiger partial charge on any atom is -0.313 e. The molecule has 0 saturated carbocycles. The molecule has 0 aliphatic heterocycles. The first-order valence-electron chi connectivity index (χ1n) is 6.08. The van der Waals surface area contributed by atoms with Crippen molar-refractivity contribution in [3.63, 3.8) is 0 Å². The molecule has 0 radical (unpaired) electrons. The molecule has 18 heavy (non-hydrogen) atoms. The first-order chi connectivity index (χ1) is 8.76. The van der Waals surface area contributed by atoms with Crippen molar-refractivity contribution in [1.29, 1.82) is 5.26 Å². The summed E-state index contributed by atoms with van der Waals surface area (Å²) in [6.07, 6.45) is 6.30. The lowest BCUT2D eigenvalue weighted by molar-refractivity contribution is 0.365. The normalized spacial score (nSPS) is 10.0. The van der Waals surface area contributed by atoms with Gasteiger partial charge < -0.3 is 5.32 Å². The second-order valence-corrected chi connectivity index (χ2v) is 4.28. The molecule has 3 heteroatoms. The fraction of sp³-hybridized carbons (Fsp3) is 0.400. The van der Waals surface area contributed by atoms with Gasteiger partial charge in [0.15, 0.2) is 0 Å². The van der Waals surface area contributed by atoms with Crippen molar-refractivity contribution in [2.24, 2.45) is 0 Å². The highest BCUT2D eigenvalue weighted by atomic mass is 15.1. The maximum atomic E-state index is 8.79. The van der Waals surface area contributed by atoms with E-state index in [2.05, 4.69) is 22.2 Å². The SMILES string of the molecule is C#CCN(C)CCCNCc1cccc(C#N)c1. The molecule has 1 aromatic rings. The third kappa shape index (κ3) is 5.50. The van der Waals surface area contributed by atoms with Gasteiger partial charge in [-0.05, 0) is 44.3 Å². The summed E-state index contributed by atoms with van der Waals surface area (Å²) in [7, 11) is 2.02. The van der Waals surface area contributed by atoms with E-state index in [0.717, 1.165) is 31.6 Å². The molecule has 0 unspecified atom stereocenters. The lowest BCUT2D eigenvalue weighted by atomic mass is 10.1. The summed E-state index contributed by atoms with van der Waals surface area (Å²) in [6, 6.07) is 9.82. The zero-order valence-electron chi connectivity index (χ0n) is 10.8. The molecule has 1 N–H and O–H groups in total. The van der Waals surface area contributed by atoms with Gasteiger partial charge in [-0.2, -0.15) is 5.26 Å². The van der Waals surface area contributed by atoms with Gasteiger partial charge in [-0.1, -0.05) is 18.1 Å². The summed E-state index contributed by atoms with van der Waals surface area (Å²) in [5, 5.41) is 12.2. The van der Waals surface area contributed by atoms with E-state index in [-0.39, 0.29) is 0 Å². The molecule has 0 aliphatic rings. The minimum absolute atomic E-state index is 0.699. The van der Waals surface area contributed by atoms with Crippen LogP contribution in [0.2, 0.25) is 0 Å². The maximum absolute atomic E-state index is 8.79. The van der Waals surface area contributed by atoms with Crippen LogP contribution in [0.25, 0.3) is 0 Å². The van der Waals surface area contributed by atoms with Crippen LogP contribution in [-0.4, -0.2) is 31.6 Å². The van der Waals surface area contributed by atoms with Gasteiger partial charge in [-0.3, -0.25) is 4.90 Å². The quantitative estimate of drug-likeness (QED) is 0.582. The van der Waals surface area contributed by atoms with E-state index >= 15 is 0 Å². The van der Waals surface area contributed by atoms with Crippen molar-refractivity contribution in [3.8, 4) is 18.4 Å². The van der Waals surface area contributed by atoms with E-state index in [1.165, 1.54) is 0 Å². The highest BCUT2D eigenvalue weighted by Crippen LogP contribution is 2.03. The van der Waals surface area contributed by atoms with E-state index in [4.69, 9.17) is 11.7 Å². The van der Waals surface area contributed by atoms with E-state index in [1.807, 2.05) is 31.3 Å². The molecular weight excluding hydrogens is 222 g/mol. The summed E-state index contributed by atoms with van der Waals surface area (Å²) >= 11 is 0. The Morgan fingerprint density at radius 3 is 3.00 bits per heavy atom. The first-order valence-corrected chi connectivity index (χ1v) is 6.08. The number of nitrogens with zero attached hydrogens (tertiary/aromatic N) is 2. The Kier molecular flexibility index (Phi) is 6.58. The number of hydrogen-bond acceptors (Lipinski definition) is 3. The van der Waals surface area contributed by atoms with Gasteiger partial charge in [0.2, 0.25) is 0 Å². The molecule has 0 atom stereocenters. The highest BCUT2D eigenvalue weighted by Gasteiger charge is 1.97. The average Bonchev–Trinajstić information content (AvgIpc) is 2.39. The Morgan fingerprint density at radius 1 is 1.44 bits per heavy atom. The number of terminal acetylenes is 1. The van der Waals surface area contributed by atoms with E-state index in [1.54, 1.807) is 0 Å². The van der Waals surface area contributed by atoms with Crippen LogP contribution < -0.4 is 5.32 Å². The molecule has 0 saturated heterocycles. The van der Waals surface area contributed by atoms with Gasteiger partial charge in [0, 0.05) is 6.54 Å². The fourth-order valence-electron chi connectivity index (χ4n) is 1.69. The molecule has 0 bridgehead atoms. The van der Waals surface area contributed by atoms with E-state index < -0.39 is 0 Å². The summed E-state index contributed by atoms with van der Waals surface area (Å²) in [4.78, 5) is 2.12. The second-order valence-electron chi connectivity index (χ2n) is 4.28. The van der Waals surface area contributed by atoms with Gasteiger partial charge in [0.05, 0.1) is 18.2 Å². The zero-order valence-corrected chi connectivity index (χ0v) is 10.8. The molecular formula is C15H19N3. The van der Waals surface area contributed by atoms with E-state index in [9.17, 15) is 0 Å². The Morgan fingerprint density at radius 2 is 2.28 bits per heavy atom. The predicted molar refractivity (Wildman–Crippen MR) is 73.8 cm³/mol. The van der Waals surface area contributed by atoms with Gasteiger partial charge in [-0.15, -0.1) is 6.42 Å². The van der Waals surface area contributed by atoms with Gasteiger partial charge in [-0.25, -0.2) is 0 Å². The smallest absolute Gasteiger partial charge is 0.0991 e. The Balaban J connectivity index is 2.18. The summed E-state index contributed by atoms with van der Waals surface area (Å²) in [5.74, 6) is 2.62. The molecule has 3 nitrogen and oxygen atoms in total. The van der Waals surface area contributed by atoms with Crippen LogP contribution in [0.3, 0.4) is 0 Å². The van der Waals surface area contributed by atoms with Crippen molar-refractivity contribution in [2.75, 3.05) is 26.7 Å².